The summed E-state index contributed by atoms with van der Waals surface area (Å²) in [6.07, 6.45) is 0. The van der Waals surface area contributed by atoms with E-state index in [9.17, 15) is 4.79 Å². The molecule has 0 radical (unpaired) electrons. The standard InChI is InChI=1S/C15H17NO3/c1-10-2-3-13-12(5-15(18)19-14(13)4-10)8-16-6-11(7-16)9-17/h2-5,11,17H,6-9H2,1H3. The fourth-order valence-electron chi connectivity index (χ4n) is 2.63. The van der Waals surface area contributed by atoms with E-state index in [0.29, 0.717) is 11.5 Å². The number of aliphatic hydroxyl groups is 1. The molecule has 0 amide bonds. The van der Waals surface area contributed by atoms with Crippen LogP contribution in [0.2, 0.25) is 0 Å². The number of likely N-dealkylation sites (tertiary alicyclic amines) is 1. The molecule has 0 spiro atoms. The molecule has 1 saturated heterocycles. The fourth-order valence-corrected chi connectivity index (χ4v) is 2.63. The first-order chi connectivity index (χ1) is 9.15. The second kappa shape index (κ2) is 4.79. The summed E-state index contributed by atoms with van der Waals surface area (Å²) in [7, 11) is 0. The van der Waals surface area contributed by atoms with E-state index in [0.717, 1.165) is 36.1 Å². The number of hydrogen-bond acceptors (Lipinski definition) is 4. The monoisotopic (exact) mass is 259 g/mol. The molecular weight excluding hydrogens is 242 g/mol. The van der Waals surface area contributed by atoms with Gasteiger partial charge in [0.25, 0.3) is 0 Å². The zero-order valence-corrected chi connectivity index (χ0v) is 10.9. The highest BCUT2D eigenvalue weighted by Crippen LogP contribution is 2.23. The molecule has 0 bridgehead atoms. The Morgan fingerprint density at radius 2 is 2.16 bits per heavy atom. The third kappa shape index (κ3) is 2.41. The van der Waals surface area contributed by atoms with E-state index in [1.165, 1.54) is 0 Å². The molecular formula is C15H17NO3. The van der Waals surface area contributed by atoms with Crippen molar-refractivity contribution < 1.29 is 9.52 Å². The normalized spacial score (nSPS) is 16.7. The molecule has 2 aromatic rings. The van der Waals surface area contributed by atoms with E-state index in [4.69, 9.17) is 9.52 Å². The Balaban J connectivity index is 1.92. The van der Waals surface area contributed by atoms with Crippen molar-refractivity contribution in [1.82, 2.24) is 4.90 Å². The van der Waals surface area contributed by atoms with Crippen LogP contribution in [0, 0.1) is 12.8 Å². The number of nitrogens with zero attached hydrogens (tertiary/aromatic N) is 1. The van der Waals surface area contributed by atoms with Crippen molar-refractivity contribution in [2.45, 2.75) is 13.5 Å². The van der Waals surface area contributed by atoms with Gasteiger partial charge in [0.2, 0.25) is 0 Å². The van der Waals surface area contributed by atoms with Crippen LogP contribution >= 0.6 is 0 Å². The van der Waals surface area contributed by atoms with Crippen molar-refractivity contribution in [1.29, 1.82) is 0 Å². The Morgan fingerprint density at radius 1 is 1.37 bits per heavy atom. The summed E-state index contributed by atoms with van der Waals surface area (Å²) in [5, 5.41) is 10.0. The molecule has 1 aromatic heterocycles. The van der Waals surface area contributed by atoms with Crippen molar-refractivity contribution in [2.75, 3.05) is 19.7 Å². The summed E-state index contributed by atoms with van der Waals surface area (Å²) in [5.74, 6) is 0.383. The summed E-state index contributed by atoms with van der Waals surface area (Å²) >= 11 is 0. The summed E-state index contributed by atoms with van der Waals surface area (Å²) < 4.78 is 5.24. The smallest absolute Gasteiger partial charge is 0.336 e. The van der Waals surface area contributed by atoms with Crippen LogP contribution in [0.3, 0.4) is 0 Å². The summed E-state index contributed by atoms with van der Waals surface area (Å²) in [5.41, 5.74) is 2.44. The second-order valence-electron chi connectivity index (χ2n) is 5.33. The Bertz CT molecular complexity index is 656. The molecule has 19 heavy (non-hydrogen) atoms. The van der Waals surface area contributed by atoms with Gasteiger partial charge in [-0.1, -0.05) is 12.1 Å². The number of fused-ring (bicyclic) bond motifs is 1. The Hall–Kier alpha value is -1.65. The number of benzene rings is 1. The number of aliphatic hydroxyl groups excluding tert-OH is 1. The van der Waals surface area contributed by atoms with Crippen molar-refractivity contribution >= 4 is 11.0 Å². The predicted molar refractivity (Wildman–Crippen MR) is 73.1 cm³/mol. The number of rotatable bonds is 3. The molecule has 1 N–H and O–H groups in total. The lowest BCUT2D eigenvalue weighted by Crippen LogP contribution is -2.47. The van der Waals surface area contributed by atoms with Gasteiger partial charge in [-0.2, -0.15) is 0 Å². The van der Waals surface area contributed by atoms with Crippen LogP contribution in [-0.4, -0.2) is 29.7 Å². The SMILES string of the molecule is Cc1ccc2c(CN3CC(CO)C3)cc(=O)oc2c1. The highest BCUT2D eigenvalue weighted by molar-refractivity contribution is 5.80. The molecule has 3 rings (SSSR count). The van der Waals surface area contributed by atoms with Gasteiger partial charge in [0.1, 0.15) is 5.58 Å². The van der Waals surface area contributed by atoms with Crippen LogP contribution in [0.4, 0.5) is 0 Å². The molecule has 2 heterocycles. The molecule has 4 nitrogen and oxygen atoms in total. The van der Waals surface area contributed by atoms with Crippen LogP contribution < -0.4 is 5.63 Å². The molecule has 0 aliphatic carbocycles. The quantitative estimate of drug-likeness (QED) is 0.849. The second-order valence-corrected chi connectivity index (χ2v) is 5.33. The Morgan fingerprint density at radius 3 is 2.89 bits per heavy atom. The molecule has 0 saturated carbocycles. The third-order valence-electron chi connectivity index (χ3n) is 3.67. The predicted octanol–water partition coefficient (Wildman–Crippen LogP) is 1.53. The minimum atomic E-state index is -0.299. The Kier molecular flexibility index (Phi) is 3.12. The van der Waals surface area contributed by atoms with E-state index < -0.39 is 0 Å². The number of hydrogen-bond donors (Lipinski definition) is 1. The van der Waals surface area contributed by atoms with Gasteiger partial charge in [-0.3, -0.25) is 4.90 Å². The largest absolute Gasteiger partial charge is 0.423 e. The van der Waals surface area contributed by atoms with E-state index in [1.54, 1.807) is 6.07 Å². The summed E-state index contributed by atoms with van der Waals surface area (Å²) in [4.78, 5) is 13.8. The summed E-state index contributed by atoms with van der Waals surface area (Å²) in [6, 6.07) is 7.50. The third-order valence-corrected chi connectivity index (χ3v) is 3.67. The highest BCUT2D eigenvalue weighted by Gasteiger charge is 2.26. The van der Waals surface area contributed by atoms with Crippen LogP contribution in [0.25, 0.3) is 11.0 Å². The molecule has 1 fully saturated rings. The van der Waals surface area contributed by atoms with Gasteiger partial charge in [-0.05, 0) is 24.1 Å². The first-order valence-corrected chi connectivity index (χ1v) is 6.52. The van der Waals surface area contributed by atoms with Gasteiger partial charge in [0.05, 0.1) is 0 Å². The van der Waals surface area contributed by atoms with Gasteiger partial charge in [-0.15, -0.1) is 0 Å². The van der Waals surface area contributed by atoms with Crippen molar-refractivity contribution in [3.63, 3.8) is 0 Å². The lowest BCUT2D eigenvalue weighted by Gasteiger charge is -2.38. The van der Waals surface area contributed by atoms with E-state index in [2.05, 4.69) is 4.90 Å². The number of aryl methyl sites for hydroxylation is 1. The van der Waals surface area contributed by atoms with E-state index in [1.807, 2.05) is 25.1 Å². The van der Waals surface area contributed by atoms with Crippen LogP contribution in [0.5, 0.6) is 0 Å². The molecule has 1 aliphatic rings. The summed E-state index contributed by atoms with van der Waals surface area (Å²) in [6.45, 7) is 4.75. The van der Waals surface area contributed by atoms with Gasteiger partial charge in [0, 0.05) is 43.6 Å². The maximum Gasteiger partial charge on any atom is 0.336 e. The lowest BCUT2D eigenvalue weighted by atomic mass is 9.99. The first kappa shape index (κ1) is 12.4. The molecule has 1 aromatic carbocycles. The van der Waals surface area contributed by atoms with Crippen molar-refractivity contribution in [2.24, 2.45) is 5.92 Å². The molecule has 0 atom stereocenters. The molecule has 1 aliphatic heterocycles. The van der Waals surface area contributed by atoms with Crippen LogP contribution in [0.1, 0.15) is 11.1 Å². The molecule has 100 valence electrons. The minimum absolute atomic E-state index is 0.243. The molecule has 4 heteroatoms. The highest BCUT2D eigenvalue weighted by atomic mass is 16.4. The van der Waals surface area contributed by atoms with Gasteiger partial charge >= 0.3 is 5.63 Å². The van der Waals surface area contributed by atoms with Crippen molar-refractivity contribution in [3.8, 4) is 0 Å². The fraction of sp³-hybridized carbons (Fsp3) is 0.400. The first-order valence-electron chi connectivity index (χ1n) is 6.52. The topological polar surface area (TPSA) is 53.7 Å². The maximum absolute atomic E-state index is 11.6. The Labute approximate surface area is 111 Å². The average molecular weight is 259 g/mol. The van der Waals surface area contributed by atoms with Gasteiger partial charge < -0.3 is 9.52 Å². The molecule has 0 unspecified atom stereocenters. The lowest BCUT2D eigenvalue weighted by molar-refractivity contribution is 0.0481. The van der Waals surface area contributed by atoms with Crippen molar-refractivity contribution in [3.05, 3.63) is 45.8 Å². The zero-order valence-electron chi connectivity index (χ0n) is 10.9. The zero-order chi connectivity index (χ0) is 13.4. The van der Waals surface area contributed by atoms with Gasteiger partial charge in [0.15, 0.2) is 0 Å². The van der Waals surface area contributed by atoms with Crippen LogP contribution in [0.15, 0.2) is 33.5 Å². The van der Waals surface area contributed by atoms with Crippen LogP contribution in [-0.2, 0) is 6.54 Å². The average Bonchev–Trinajstić information content (AvgIpc) is 2.32. The van der Waals surface area contributed by atoms with Gasteiger partial charge in [-0.25, -0.2) is 4.79 Å². The van der Waals surface area contributed by atoms with E-state index >= 15 is 0 Å². The van der Waals surface area contributed by atoms with E-state index in [-0.39, 0.29) is 12.2 Å². The maximum atomic E-state index is 11.6. The minimum Gasteiger partial charge on any atom is -0.423 e.